The first kappa shape index (κ1) is 24.2. The zero-order chi connectivity index (χ0) is 24.9. The number of benzene rings is 1. The van der Waals surface area contributed by atoms with E-state index >= 15 is 0 Å². The van der Waals surface area contributed by atoms with E-state index in [1.54, 1.807) is 27.9 Å². The van der Waals surface area contributed by atoms with Crippen LogP contribution in [0, 0.1) is 5.41 Å². The zero-order valence-electron chi connectivity index (χ0n) is 19.4. The predicted molar refractivity (Wildman–Crippen MR) is 135 cm³/mol. The van der Waals surface area contributed by atoms with Crippen LogP contribution < -0.4 is 15.5 Å². The van der Waals surface area contributed by atoms with Gasteiger partial charge in [0.15, 0.2) is 0 Å². The molecule has 1 unspecified atom stereocenters. The van der Waals surface area contributed by atoms with E-state index in [4.69, 9.17) is 17.0 Å². The van der Waals surface area contributed by atoms with Crippen molar-refractivity contribution in [1.82, 2.24) is 25.1 Å². The number of amides is 3. The lowest BCUT2D eigenvalue weighted by Gasteiger charge is -2.39. The number of anilines is 2. The van der Waals surface area contributed by atoms with Crippen LogP contribution in [0.5, 0.6) is 0 Å². The van der Waals surface area contributed by atoms with Gasteiger partial charge >= 0.3 is 6.03 Å². The summed E-state index contributed by atoms with van der Waals surface area (Å²) in [5, 5.41) is 13.3. The van der Waals surface area contributed by atoms with Gasteiger partial charge in [-0.25, -0.2) is 9.78 Å². The molecule has 0 saturated carbocycles. The normalized spacial score (nSPS) is 17.8. The Morgan fingerprint density at radius 3 is 2.80 bits per heavy atom. The molecule has 1 aromatic heterocycles. The molecule has 1 atom stereocenters. The van der Waals surface area contributed by atoms with Gasteiger partial charge in [0, 0.05) is 44.6 Å². The number of rotatable bonds is 8. The van der Waals surface area contributed by atoms with E-state index in [1.807, 2.05) is 30.3 Å². The summed E-state index contributed by atoms with van der Waals surface area (Å²) in [5.74, 6) is 0.535. The number of hydrogen-bond acceptors (Lipinski definition) is 7. The zero-order valence-corrected chi connectivity index (χ0v) is 20.1. The number of hydrogen-bond donors (Lipinski definition) is 3. The second-order valence-corrected chi connectivity index (χ2v) is 8.63. The Kier molecular flexibility index (Phi) is 7.31. The minimum absolute atomic E-state index is 0.161. The lowest BCUT2D eigenvalue weighted by molar-refractivity contribution is -0.125. The quantitative estimate of drug-likeness (QED) is 0.383. The lowest BCUT2D eigenvalue weighted by Crippen LogP contribution is -2.52. The van der Waals surface area contributed by atoms with Crippen LogP contribution in [0.3, 0.4) is 0 Å². The summed E-state index contributed by atoms with van der Waals surface area (Å²) in [7, 11) is 1.69. The van der Waals surface area contributed by atoms with Gasteiger partial charge in [0.1, 0.15) is 11.0 Å². The Labute approximate surface area is 208 Å². The summed E-state index contributed by atoms with van der Waals surface area (Å²) < 4.78 is 0. The molecule has 182 valence electrons. The van der Waals surface area contributed by atoms with Crippen molar-refractivity contribution < 1.29 is 9.59 Å². The van der Waals surface area contributed by atoms with Crippen LogP contribution in [0.25, 0.3) is 0 Å². The molecule has 3 heterocycles. The number of allylic oxidation sites excluding steroid dienone is 1. The average Bonchev–Trinajstić information content (AvgIpc) is 3.34. The van der Waals surface area contributed by atoms with Crippen LogP contribution in [-0.2, 0) is 17.9 Å². The minimum Gasteiger partial charge on any atom is -0.392 e. The molecule has 0 spiro atoms. The van der Waals surface area contributed by atoms with Gasteiger partial charge in [-0.1, -0.05) is 48.5 Å². The number of aromatic nitrogens is 2. The van der Waals surface area contributed by atoms with E-state index in [0.717, 1.165) is 11.1 Å². The Hall–Kier alpha value is -3.92. The highest BCUT2D eigenvalue weighted by Gasteiger charge is 2.40. The fraction of sp³-hybridized carbons (Fsp3) is 0.292. The highest BCUT2D eigenvalue weighted by molar-refractivity contribution is 6.68. The van der Waals surface area contributed by atoms with Crippen molar-refractivity contribution in [1.29, 1.82) is 5.41 Å². The number of carbonyl (C=O) groups excluding carboxylic acids is 2. The van der Waals surface area contributed by atoms with E-state index in [2.05, 4.69) is 27.2 Å². The molecule has 1 saturated heterocycles. The number of nitrogens with one attached hydrogen (secondary N) is 3. The number of urea groups is 1. The second kappa shape index (κ2) is 10.6. The molecule has 2 aromatic rings. The highest BCUT2D eigenvalue weighted by Crippen LogP contribution is 2.33. The van der Waals surface area contributed by atoms with Crippen LogP contribution >= 0.6 is 11.6 Å². The molecule has 1 fully saturated rings. The number of nitrogens with zero attached hydrogens (tertiary/aromatic N) is 5. The third-order valence-electron chi connectivity index (χ3n) is 5.91. The topological polar surface area (TPSA) is 118 Å². The molecule has 3 N–H and O–H groups in total. The number of likely N-dealkylation sites (tertiary alicyclic amines) is 1. The monoisotopic (exact) mass is 494 g/mol. The van der Waals surface area contributed by atoms with Crippen LogP contribution in [0.1, 0.15) is 17.5 Å². The van der Waals surface area contributed by atoms with E-state index in [1.165, 1.54) is 12.3 Å². The Balaban J connectivity index is 1.68. The Morgan fingerprint density at radius 1 is 1.34 bits per heavy atom. The maximum Gasteiger partial charge on any atom is 0.326 e. The van der Waals surface area contributed by atoms with Crippen LogP contribution in [-0.4, -0.2) is 63.1 Å². The van der Waals surface area contributed by atoms with E-state index in [9.17, 15) is 9.59 Å². The van der Waals surface area contributed by atoms with Gasteiger partial charge in [0.05, 0.1) is 18.3 Å². The van der Waals surface area contributed by atoms with Crippen molar-refractivity contribution in [3.05, 3.63) is 72.2 Å². The molecular formula is C24H27ClN8O2. The second-order valence-electron chi connectivity index (χ2n) is 8.25. The molecule has 2 aliphatic heterocycles. The van der Waals surface area contributed by atoms with Crippen molar-refractivity contribution in [2.24, 2.45) is 0 Å². The average molecular weight is 495 g/mol. The molecule has 0 bridgehead atoms. The first-order chi connectivity index (χ1) is 16.9. The third kappa shape index (κ3) is 5.27. The van der Waals surface area contributed by atoms with Crippen molar-refractivity contribution in [2.75, 3.05) is 30.4 Å². The standard InChI is InChI=1S/C24H27ClN8O2/c1-3-20(34)31-10-9-18(15-31)33-22-17(11-28-23(30-22)29-19(12-27-2)21(25)26)14-32(24(33)35)13-16-7-5-4-6-8-16/h3-8,11-12,18,26-27H,1,9-10,13-15H2,2H3,(H,28,29,30)/b19-12+,26-21?. The minimum atomic E-state index is -0.245. The molecule has 3 amide bonds. The van der Waals surface area contributed by atoms with E-state index in [0.29, 0.717) is 38.4 Å². The van der Waals surface area contributed by atoms with Gasteiger partial charge in [-0.2, -0.15) is 4.98 Å². The van der Waals surface area contributed by atoms with Gasteiger partial charge in [0.25, 0.3) is 0 Å². The van der Waals surface area contributed by atoms with Gasteiger partial charge < -0.3 is 20.4 Å². The molecule has 11 heteroatoms. The summed E-state index contributed by atoms with van der Waals surface area (Å²) in [6.45, 7) is 5.29. The largest absolute Gasteiger partial charge is 0.392 e. The maximum atomic E-state index is 13.7. The van der Waals surface area contributed by atoms with Crippen molar-refractivity contribution in [3.8, 4) is 0 Å². The Morgan fingerprint density at radius 2 is 2.11 bits per heavy atom. The summed E-state index contributed by atoms with van der Waals surface area (Å²) >= 11 is 5.87. The van der Waals surface area contributed by atoms with Crippen molar-refractivity contribution >= 4 is 40.5 Å². The number of halogens is 1. The summed E-state index contributed by atoms with van der Waals surface area (Å²) in [6.07, 6.45) is 5.11. The van der Waals surface area contributed by atoms with Crippen molar-refractivity contribution in [2.45, 2.75) is 25.6 Å². The predicted octanol–water partition coefficient (Wildman–Crippen LogP) is 2.89. The molecule has 35 heavy (non-hydrogen) atoms. The van der Waals surface area contributed by atoms with E-state index < -0.39 is 0 Å². The smallest absolute Gasteiger partial charge is 0.326 e. The highest BCUT2D eigenvalue weighted by atomic mass is 35.5. The number of carbonyl (C=O) groups is 2. The molecule has 1 aromatic carbocycles. The van der Waals surface area contributed by atoms with Crippen LogP contribution in [0.2, 0.25) is 0 Å². The fourth-order valence-electron chi connectivity index (χ4n) is 4.25. The van der Waals surface area contributed by atoms with Gasteiger partial charge in [-0.3, -0.25) is 15.1 Å². The van der Waals surface area contributed by atoms with Gasteiger partial charge in [-0.05, 0) is 18.1 Å². The number of fused-ring (bicyclic) bond motifs is 1. The summed E-state index contributed by atoms with van der Waals surface area (Å²) in [6, 6.07) is 9.35. The summed E-state index contributed by atoms with van der Waals surface area (Å²) in [5.41, 5.74) is 2.10. The Bertz CT molecular complexity index is 1170. The molecule has 0 radical (unpaired) electrons. The first-order valence-corrected chi connectivity index (χ1v) is 11.6. The van der Waals surface area contributed by atoms with Crippen LogP contribution in [0.4, 0.5) is 16.6 Å². The molecule has 4 rings (SSSR count). The van der Waals surface area contributed by atoms with E-state index in [-0.39, 0.29) is 34.8 Å². The van der Waals surface area contributed by atoms with Gasteiger partial charge in [0.2, 0.25) is 11.9 Å². The lowest BCUT2D eigenvalue weighted by atomic mass is 10.1. The fourth-order valence-corrected chi connectivity index (χ4v) is 4.35. The summed E-state index contributed by atoms with van der Waals surface area (Å²) in [4.78, 5) is 40.1. The molecule has 0 aliphatic carbocycles. The molecule has 10 nitrogen and oxygen atoms in total. The SMILES string of the molecule is C=CC(=O)N1CCC(N2C(=O)N(Cc3ccccc3)Cc3cnc(N/C(=C/NC)C(=N)Cl)nc32)C1. The maximum absolute atomic E-state index is 13.7. The van der Waals surface area contributed by atoms with Crippen molar-refractivity contribution in [3.63, 3.8) is 0 Å². The third-order valence-corrected chi connectivity index (χ3v) is 6.11. The first-order valence-electron chi connectivity index (χ1n) is 11.2. The van der Waals surface area contributed by atoms with Crippen LogP contribution in [0.15, 0.2) is 61.1 Å². The molecular weight excluding hydrogens is 468 g/mol. The molecule has 2 aliphatic rings. The van der Waals surface area contributed by atoms with Gasteiger partial charge in [-0.15, -0.1) is 0 Å².